The SMILES string of the molecule is CS(=O)(=O)c1ccc2nc(NC(=O)[C@@H]3CC(=O)N(Cc4ccco4)C3)sc2c1. The number of thiazole rings is 1. The van der Waals surface area contributed by atoms with Crippen LogP contribution in [0.25, 0.3) is 10.2 Å². The molecule has 28 heavy (non-hydrogen) atoms. The van der Waals surface area contributed by atoms with Crippen LogP contribution < -0.4 is 5.32 Å². The van der Waals surface area contributed by atoms with E-state index in [0.717, 1.165) is 6.26 Å². The summed E-state index contributed by atoms with van der Waals surface area (Å²) >= 11 is 1.20. The van der Waals surface area contributed by atoms with Crippen LogP contribution in [-0.2, 0) is 26.0 Å². The Hall–Kier alpha value is -2.72. The lowest BCUT2D eigenvalue weighted by Crippen LogP contribution is -2.27. The van der Waals surface area contributed by atoms with Crippen LogP contribution >= 0.6 is 11.3 Å². The second-order valence-electron chi connectivity index (χ2n) is 6.66. The maximum atomic E-state index is 12.6. The molecule has 4 rings (SSSR count). The Balaban J connectivity index is 1.45. The zero-order valence-electron chi connectivity index (χ0n) is 14.9. The van der Waals surface area contributed by atoms with Crippen molar-refractivity contribution in [2.75, 3.05) is 18.1 Å². The summed E-state index contributed by atoms with van der Waals surface area (Å²) in [6.07, 6.45) is 2.82. The maximum Gasteiger partial charge on any atom is 0.231 e. The Morgan fingerprint density at radius 2 is 2.21 bits per heavy atom. The Bertz CT molecular complexity index is 1150. The molecule has 1 N–H and O–H groups in total. The van der Waals surface area contributed by atoms with E-state index in [0.29, 0.717) is 34.2 Å². The van der Waals surface area contributed by atoms with Gasteiger partial charge in [-0.25, -0.2) is 13.4 Å². The summed E-state index contributed by atoms with van der Waals surface area (Å²) in [5.41, 5.74) is 0.606. The first-order chi connectivity index (χ1) is 13.3. The number of fused-ring (bicyclic) bond motifs is 1. The van der Waals surface area contributed by atoms with Gasteiger partial charge < -0.3 is 14.6 Å². The normalized spacial score (nSPS) is 17.4. The molecule has 1 fully saturated rings. The molecule has 0 aliphatic carbocycles. The topological polar surface area (TPSA) is 110 Å². The molecule has 3 heterocycles. The highest BCUT2D eigenvalue weighted by Gasteiger charge is 2.35. The van der Waals surface area contributed by atoms with Gasteiger partial charge in [0, 0.05) is 19.2 Å². The van der Waals surface area contributed by atoms with Crippen molar-refractivity contribution in [2.45, 2.75) is 17.9 Å². The summed E-state index contributed by atoms with van der Waals surface area (Å²) in [6, 6.07) is 8.18. The molecule has 1 aromatic carbocycles. The number of hydrogen-bond acceptors (Lipinski definition) is 7. The number of benzene rings is 1. The lowest BCUT2D eigenvalue weighted by molar-refractivity contribution is -0.128. The van der Waals surface area contributed by atoms with Gasteiger partial charge in [-0.2, -0.15) is 0 Å². The van der Waals surface area contributed by atoms with Gasteiger partial charge in [0.15, 0.2) is 15.0 Å². The number of carbonyl (C=O) groups is 2. The third kappa shape index (κ3) is 3.78. The second-order valence-corrected chi connectivity index (χ2v) is 9.71. The fourth-order valence-electron chi connectivity index (χ4n) is 3.09. The number of furan rings is 1. The van der Waals surface area contributed by atoms with Crippen molar-refractivity contribution < 1.29 is 22.4 Å². The molecule has 1 atom stereocenters. The molecule has 0 unspecified atom stereocenters. The predicted molar refractivity (Wildman–Crippen MR) is 104 cm³/mol. The quantitative estimate of drug-likeness (QED) is 0.679. The van der Waals surface area contributed by atoms with E-state index in [9.17, 15) is 18.0 Å². The smallest absolute Gasteiger partial charge is 0.231 e. The first kappa shape index (κ1) is 18.6. The number of carbonyl (C=O) groups excluding carboxylic acids is 2. The van der Waals surface area contributed by atoms with Crippen LogP contribution in [0, 0.1) is 5.92 Å². The highest BCUT2D eigenvalue weighted by atomic mass is 32.2. The molecule has 146 valence electrons. The Kier molecular flexibility index (Phi) is 4.68. The first-order valence-electron chi connectivity index (χ1n) is 8.51. The molecule has 0 saturated carbocycles. The van der Waals surface area contributed by atoms with Crippen molar-refractivity contribution in [1.82, 2.24) is 9.88 Å². The number of hydrogen-bond donors (Lipinski definition) is 1. The number of amides is 2. The van der Waals surface area contributed by atoms with Crippen molar-refractivity contribution in [3.05, 3.63) is 42.4 Å². The second kappa shape index (κ2) is 7.02. The van der Waals surface area contributed by atoms with Crippen LogP contribution in [0.3, 0.4) is 0 Å². The fourth-order valence-corrected chi connectivity index (χ4v) is 4.72. The van der Waals surface area contributed by atoms with Gasteiger partial charge in [-0.05, 0) is 30.3 Å². The van der Waals surface area contributed by atoms with E-state index in [1.165, 1.54) is 17.4 Å². The van der Waals surface area contributed by atoms with Gasteiger partial charge in [-0.15, -0.1) is 0 Å². The molecule has 2 amide bonds. The standard InChI is InChI=1S/C18H17N3O5S2/c1-28(24,25)13-4-5-14-15(8-13)27-18(19-14)20-17(23)11-7-16(22)21(9-11)10-12-3-2-6-26-12/h2-6,8,11H,7,9-10H2,1H3,(H,19,20,23)/t11-/m1/s1. The predicted octanol–water partition coefficient (Wildman–Crippen LogP) is 2.28. The van der Waals surface area contributed by atoms with Crippen LogP contribution in [0.1, 0.15) is 12.2 Å². The third-order valence-corrected chi connectivity index (χ3v) is 6.57. The molecule has 1 saturated heterocycles. The van der Waals surface area contributed by atoms with Crippen LogP contribution in [0.15, 0.2) is 45.9 Å². The highest BCUT2D eigenvalue weighted by molar-refractivity contribution is 7.90. The molecule has 2 aromatic heterocycles. The van der Waals surface area contributed by atoms with Crippen LogP contribution in [-0.4, -0.2) is 42.9 Å². The van der Waals surface area contributed by atoms with E-state index in [1.807, 2.05) is 0 Å². The Labute approximate surface area is 165 Å². The van der Waals surface area contributed by atoms with Crippen LogP contribution in [0.4, 0.5) is 5.13 Å². The van der Waals surface area contributed by atoms with Crippen molar-refractivity contribution in [3.63, 3.8) is 0 Å². The summed E-state index contributed by atoms with van der Waals surface area (Å²) in [5, 5.41) is 3.13. The van der Waals surface area contributed by atoms with E-state index in [-0.39, 0.29) is 23.1 Å². The Morgan fingerprint density at radius 1 is 1.39 bits per heavy atom. The molecule has 3 aromatic rings. The summed E-state index contributed by atoms with van der Waals surface area (Å²) in [5.74, 6) is -0.181. The molecule has 1 aliphatic heterocycles. The number of aromatic nitrogens is 1. The average molecular weight is 419 g/mol. The van der Waals surface area contributed by atoms with Crippen molar-refractivity contribution in [3.8, 4) is 0 Å². The monoisotopic (exact) mass is 419 g/mol. The van der Waals surface area contributed by atoms with Gasteiger partial charge in [0.25, 0.3) is 0 Å². The zero-order chi connectivity index (χ0) is 19.9. The number of anilines is 1. The van der Waals surface area contributed by atoms with Gasteiger partial charge in [-0.3, -0.25) is 9.59 Å². The number of likely N-dealkylation sites (tertiary alicyclic amines) is 1. The minimum absolute atomic E-state index is 0.0985. The van der Waals surface area contributed by atoms with E-state index in [4.69, 9.17) is 4.42 Å². The molecule has 0 bridgehead atoms. The molecule has 8 nitrogen and oxygen atoms in total. The van der Waals surface area contributed by atoms with E-state index < -0.39 is 15.8 Å². The first-order valence-corrected chi connectivity index (χ1v) is 11.2. The number of nitrogens with zero attached hydrogens (tertiary/aromatic N) is 2. The summed E-state index contributed by atoms with van der Waals surface area (Å²) in [6.45, 7) is 0.652. The summed E-state index contributed by atoms with van der Waals surface area (Å²) in [4.78, 5) is 30.9. The van der Waals surface area contributed by atoms with Gasteiger partial charge in [0.2, 0.25) is 11.8 Å². The molecule has 0 spiro atoms. The number of nitrogens with one attached hydrogen (secondary N) is 1. The Morgan fingerprint density at radius 3 is 2.93 bits per heavy atom. The summed E-state index contributed by atoms with van der Waals surface area (Å²) in [7, 11) is -3.31. The lowest BCUT2D eigenvalue weighted by atomic mass is 10.1. The van der Waals surface area contributed by atoms with Crippen molar-refractivity contribution in [2.24, 2.45) is 5.92 Å². The van der Waals surface area contributed by atoms with Crippen molar-refractivity contribution in [1.29, 1.82) is 0 Å². The minimum Gasteiger partial charge on any atom is -0.467 e. The highest BCUT2D eigenvalue weighted by Crippen LogP contribution is 2.29. The molecular formula is C18H17N3O5S2. The number of rotatable bonds is 5. The van der Waals surface area contributed by atoms with Gasteiger partial charge in [0.05, 0.1) is 33.8 Å². The van der Waals surface area contributed by atoms with Gasteiger partial charge in [0.1, 0.15) is 5.76 Å². The van der Waals surface area contributed by atoms with Gasteiger partial charge >= 0.3 is 0 Å². The lowest BCUT2D eigenvalue weighted by Gasteiger charge is -2.14. The molecular weight excluding hydrogens is 402 g/mol. The van der Waals surface area contributed by atoms with Crippen LogP contribution in [0.2, 0.25) is 0 Å². The summed E-state index contributed by atoms with van der Waals surface area (Å²) < 4.78 is 29.3. The largest absolute Gasteiger partial charge is 0.467 e. The minimum atomic E-state index is -3.31. The molecule has 10 heteroatoms. The molecule has 0 radical (unpaired) electrons. The van der Waals surface area contributed by atoms with E-state index in [2.05, 4.69) is 10.3 Å². The van der Waals surface area contributed by atoms with Crippen molar-refractivity contribution >= 4 is 48.3 Å². The van der Waals surface area contributed by atoms with E-state index >= 15 is 0 Å². The maximum absolute atomic E-state index is 12.6. The zero-order valence-corrected chi connectivity index (χ0v) is 16.5. The van der Waals surface area contributed by atoms with E-state index in [1.54, 1.807) is 35.4 Å². The third-order valence-electron chi connectivity index (χ3n) is 4.53. The number of sulfone groups is 1. The average Bonchev–Trinajstić information content (AvgIpc) is 3.34. The molecule has 1 aliphatic rings. The van der Waals surface area contributed by atoms with Gasteiger partial charge in [-0.1, -0.05) is 11.3 Å². The van der Waals surface area contributed by atoms with Crippen LogP contribution in [0.5, 0.6) is 0 Å². The fraction of sp³-hybridized carbons (Fsp3) is 0.278.